The van der Waals surface area contributed by atoms with Gasteiger partial charge in [0.15, 0.2) is 0 Å². The molecule has 0 unspecified atom stereocenters. The van der Waals surface area contributed by atoms with E-state index in [2.05, 4.69) is 54.3 Å². The molecule has 6 nitrogen and oxygen atoms in total. The zero-order valence-corrected chi connectivity index (χ0v) is 17.4. The number of carbonyl (C=O) groups excluding carboxylic acids is 2. The Labute approximate surface area is 173 Å². The normalized spacial score (nSPS) is 10.4. The van der Waals surface area contributed by atoms with E-state index in [0.29, 0.717) is 18.0 Å². The van der Waals surface area contributed by atoms with Crippen molar-refractivity contribution in [2.75, 3.05) is 11.9 Å². The topological polar surface area (TPSA) is 79.8 Å². The van der Waals surface area contributed by atoms with Crippen LogP contribution in [0.3, 0.4) is 0 Å². The van der Waals surface area contributed by atoms with Gasteiger partial charge in [0, 0.05) is 4.47 Å². The highest BCUT2D eigenvalue weighted by atomic mass is 79.9. The minimum absolute atomic E-state index is 0.337. The van der Waals surface area contributed by atoms with Gasteiger partial charge in [-0.3, -0.25) is 9.59 Å². The van der Waals surface area contributed by atoms with E-state index in [4.69, 9.17) is 4.74 Å². The lowest BCUT2D eigenvalue weighted by Gasteiger charge is -2.07. The Bertz CT molecular complexity index is 869. The van der Waals surface area contributed by atoms with Crippen LogP contribution >= 0.6 is 31.9 Å². The lowest BCUT2D eigenvalue weighted by Crippen LogP contribution is -2.24. The van der Waals surface area contributed by atoms with Crippen LogP contribution in [0.1, 0.15) is 12.0 Å². The average molecular weight is 495 g/mol. The number of anilines is 1. The van der Waals surface area contributed by atoms with E-state index in [1.54, 1.807) is 42.5 Å². The molecule has 0 bridgehead atoms. The standard InChI is InChI=1S/C19H17Br2N3O3/c1-2-9-27-17-8-7-13(10-15(17)21)12-22-24-19(26)11-18(25)23-16-6-4-3-5-14(16)20/h2-8,10,12H,1,9,11H2,(H,23,25)(H,24,26). The third kappa shape index (κ3) is 6.99. The van der Waals surface area contributed by atoms with Crippen molar-refractivity contribution in [3.63, 3.8) is 0 Å². The molecule has 27 heavy (non-hydrogen) atoms. The number of carbonyl (C=O) groups is 2. The average Bonchev–Trinajstić information content (AvgIpc) is 2.63. The molecule has 140 valence electrons. The van der Waals surface area contributed by atoms with Crippen molar-refractivity contribution in [1.82, 2.24) is 5.43 Å². The van der Waals surface area contributed by atoms with Crippen LogP contribution in [0, 0.1) is 0 Å². The smallest absolute Gasteiger partial charge is 0.249 e. The predicted octanol–water partition coefficient (Wildman–Crippen LogP) is 4.26. The van der Waals surface area contributed by atoms with Crippen LogP contribution in [0.25, 0.3) is 0 Å². The Balaban J connectivity index is 1.84. The lowest BCUT2D eigenvalue weighted by molar-refractivity contribution is -0.126. The molecule has 0 heterocycles. The molecule has 2 N–H and O–H groups in total. The number of amides is 2. The number of benzene rings is 2. The van der Waals surface area contributed by atoms with Gasteiger partial charge in [-0.05, 0) is 67.8 Å². The molecule has 0 atom stereocenters. The van der Waals surface area contributed by atoms with E-state index < -0.39 is 11.8 Å². The van der Waals surface area contributed by atoms with Crippen molar-refractivity contribution in [2.45, 2.75) is 6.42 Å². The van der Waals surface area contributed by atoms with Crippen LogP contribution in [0.15, 0.2) is 69.2 Å². The monoisotopic (exact) mass is 493 g/mol. The Morgan fingerprint density at radius 3 is 2.59 bits per heavy atom. The quantitative estimate of drug-likeness (QED) is 0.249. The Morgan fingerprint density at radius 1 is 1.11 bits per heavy atom. The molecule has 2 rings (SSSR count). The van der Waals surface area contributed by atoms with Gasteiger partial charge in [0.1, 0.15) is 18.8 Å². The van der Waals surface area contributed by atoms with Gasteiger partial charge in [0.05, 0.1) is 16.4 Å². The second-order valence-electron chi connectivity index (χ2n) is 5.29. The molecule has 0 saturated carbocycles. The maximum Gasteiger partial charge on any atom is 0.249 e. The molecular weight excluding hydrogens is 478 g/mol. The van der Waals surface area contributed by atoms with Crippen molar-refractivity contribution in [3.8, 4) is 5.75 Å². The Kier molecular flexibility index (Phi) is 8.22. The molecule has 0 aromatic heterocycles. The highest BCUT2D eigenvalue weighted by Gasteiger charge is 2.10. The minimum atomic E-state index is -0.513. The summed E-state index contributed by atoms with van der Waals surface area (Å²) in [6.45, 7) is 4.00. The Morgan fingerprint density at radius 2 is 1.89 bits per heavy atom. The van der Waals surface area contributed by atoms with Crippen molar-refractivity contribution in [1.29, 1.82) is 0 Å². The number of hydrazone groups is 1. The molecule has 0 saturated heterocycles. The van der Waals surface area contributed by atoms with Crippen LogP contribution in [0.2, 0.25) is 0 Å². The second kappa shape index (κ2) is 10.6. The lowest BCUT2D eigenvalue weighted by atomic mass is 10.2. The number of nitrogens with one attached hydrogen (secondary N) is 2. The fraction of sp³-hybridized carbons (Fsp3) is 0.105. The number of halogens is 2. The largest absolute Gasteiger partial charge is 0.488 e. The fourth-order valence-corrected chi connectivity index (χ4v) is 2.88. The summed E-state index contributed by atoms with van der Waals surface area (Å²) < 4.78 is 6.95. The molecule has 2 aromatic carbocycles. The predicted molar refractivity (Wildman–Crippen MR) is 113 cm³/mol. The van der Waals surface area contributed by atoms with Crippen molar-refractivity contribution < 1.29 is 14.3 Å². The number of rotatable bonds is 8. The van der Waals surface area contributed by atoms with Gasteiger partial charge in [-0.15, -0.1) is 0 Å². The van der Waals surface area contributed by atoms with E-state index in [-0.39, 0.29) is 6.42 Å². The van der Waals surface area contributed by atoms with Gasteiger partial charge < -0.3 is 10.1 Å². The number of ether oxygens (including phenoxy) is 1. The first-order valence-corrected chi connectivity index (χ1v) is 9.47. The molecule has 0 radical (unpaired) electrons. The molecule has 2 amide bonds. The van der Waals surface area contributed by atoms with Gasteiger partial charge in [-0.2, -0.15) is 5.10 Å². The maximum absolute atomic E-state index is 11.9. The SMILES string of the molecule is C=CCOc1ccc(C=NNC(=O)CC(=O)Nc2ccccc2Br)cc1Br. The maximum atomic E-state index is 11.9. The van der Waals surface area contributed by atoms with Crippen molar-refractivity contribution in [2.24, 2.45) is 5.10 Å². The molecule has 8 heteroatoms. The summed E-state index contributed by atoms with van der Waals surface area (Å²) in [5, 5.41) is 6.51. The van der Waals surface area contributed by atoms with E-state index >= 15 is 0 Å². The van der Waals surface area contributed by atoms with E-state index in [0.717, 1.165) is 14.5 Å². The summed E-state index contributed by atoms with van der Waals surface area (Å²) in [6.07, 6.45) is 2.80. The molecule has 0 spiro atoms. The zero-order valence-electron chi connectivity index (χ0n) is 14.2. The number of hydrogen-bond donors (Lipinski definition) is 2. The number of nitrogens with zero attached hydrogens (tertiary/aromatic N) is 1. The molecular formula is C19H17Br2N3O3. The van der Waals surface area contributed by atoms with E-state index in [1.807, 2.05) is 6.07 Å². The van der Waals surface area contributed by atoms with Crippen molar-refractivity contribution in [3.05, 3.63) is 69.6 Å². The first kappa shape index (κ1) is 20.9. The van der Waals surface area contributed by atoms with Gasteiger partial charge in [0.2, 0.25) is 11.8 Å². The van der Waals surface area contributed by atoms with Crippen LogP contribution in [-0.2, 0) is 9.59 Å². The van der Waals surface area contributed by atoms with Crippen LogP contribution < -0.4 is 15.5 Å². The summed E-state index contributed by atoms with van der Waals surface area (Å²) in [7, 11) is 0. The number of hydrogen-bond acceptors (Lipinski definition) is 4. The highest BCUT2D eigenvalue weighted by Crippen LogP contribution is 2.25. The summed E-state index contributed by atoms with van der Waals surface area (Å²) in [5.41, 5.74) is 3.68. The third-order valence-electron chi connectivity index (χ3n) is 3.18. The minimum Gasteiger partial charge on any atom is -0.488 e. The molecule has 0 aliphatic rings. The first-order chi connectivity index (χ1) is 13.0. The zero-order chi connectivity index (χ0) is 19.6. The summed E-state index contributed by atoms with van der Waals surface area (Å²) >= 11 is 6.73. The molecule has 0 fully saturated rings. The molecule has 0 aliphatic heterocycles. The summed E-state index contributed by atoms with van der Waals surface area (Å²) in [4.78, 5) is 23.7. The van der Waals surface area contributed by atoms with Crippen LogP contribution in [-0.4, -0.2) is 24.6 Å². The van der Waals surface area contributed by atoms with Gasteiger partial charge >= 0.3 is 0 Å². The highest BCUT2D eigenvalue weighted by molar-refractivity contribution is 9.11. The van der Waals surface area contributed by atoms with E-state index in [9.17, 15) is 9.59 Å². The first-order valence-electron chi connectivity index (χ1n) is 7.89. The summed E-state index contributed by atoms with van der Waals surface area (Å²) in [6, 6.07) is 12.5. The molecule has 2 aromatic rings. The third-order valence-corrected chi connectivity index (χ3v) is 4.50. The summed E-state index contributed by atoms with van der Waals surface area (Å²) in [5.74, 6) is -0.262. The second-order valence-corrected chi connectivity index (χ2v) is 7.00. The van der Waals surface area contributed by atoms with Crippen LogP contribution in [0.5, 0.6) is 5.75 Å². The fourth-order valence-electron chi connectivity index (χ4n) is 1.98. The van der Waals surface area contributed by atoms with Gasteiger partial charge in [0.25, 0.3) is 0 Å². The molecule has 0 aliphatic carbocycles. The van der Waals surface area contributed by atoms with E-state index in [1.165, 1.54) is 6.21 Å². The number of para-hydroxylation sites is 1. The van der Waals surface area contributed by atoms with Crippen LogP contribution in [0.4, 0.5) is 5.69 Å². The van der Waals surface area contributed by atoms with Gasteiger partial charge in [-0.25, -0.2) is 5.43 Å². The Hall–Kier alpha value is -2.45. The van der Waals surface area contributed by atoms with Crippen molar-refractivity contribution >= 4 is 55.6 Å². The van der Waals surface area contributed by atoms with Gasteiger partial charge in [-0.1, -0.05) is 24.8 Å².